The van der Waals surface area contributed by atoms with Gasteiger partial charge in [0.2, 0.25) is 0 Å². The standard InChI is InChI=1S/C22H24N8.HI/c1-23-22(27-16-19-5-8-21(26-15-19)29-14-12-24-17-29)25-11-9-18-3-6-20(7-4-18)30-13-2-10-28-30;/h2-8,10,12-15,17H,9,11,16H2,1H3,(H2,23,25,27);1H. The van der Waals surface area contributed by atoms with Gasteiger partial charge in [0.1, 0.15) is 12.1 Å². The number of halogens is 1. The lowest BCUT2D eigenvalue weighted by molar-refractivity contribution is 0.791. The number of guanidine groups is 1. The fourth-order valence-corrected chi connectivity index (χ4v) is 3.04. The van der Waals surface area contributed by atoms with Crippen LogP contribution in [0.1, 0.15) is 11.1 Å². The Morgan fingerprint density at radius 3 is 2.48 bits per heavy atom. The third-order valence-corrected chi connectivity index (χ3v) is 4.67. The zero-order valence-corrected chi connectivity index (χ0v) is 19.5. The largest absolute Gasteiger partial charge is 0.356 e. The van der Waals surface area contributed by atoms with E-state index in [2.05, 4.69) is 55.0 Å². The van der Waals surface area contributed by atoms with Crippen LogP contribution in [0.15, 0.2) is 84.8 Å². The van der Waals surface area contributed by atoms with Gasteiger partial charge in [0, 0.05) is 51.1 Å². The molecule has 4 rings (SSSR count). The highest BCUT2D eigenvalue weighted by molar-refractivity contribution is 14.0. The van der Waals surface area contributed by atoms with Crippen molar-refractivity contribution in [1.82, 2.24) is 34.9 Å². The summed E-state index contributed by atoms with van der Waals surface area (Å²) >= 11 is 0. The van der Waals surface area contributed by atoms with Crippen molar-refractivity contribution in [1.29, 1.82) is 0 Å². The number of nitrogens with one attached hydrogen (secondary N) is 2. The second-order valence-electron chi connectivity index (χ2n) is 6.71. The van der Waals surface area contributed by atoms with E-state index in [-0.39, 0.29) is 24.0 Å². The maximum absolute atomic E-state index is 4.47. The van der Waals surface area contributed by atoms with E-state index in [1.165, 1.54) is 5.56 Å². The zero-order chi connectivity index (χ0) is 20.6. The smallest absolute Gasteiger partial charge is 0.191 e. The van der Waals surface area contributed by atoms with Crippen LogP contribution in [0.5, 0.6) is 0 Å². The van der Waals surface area contributed by atoms with E-state index in [1.807, 2.05) is 46.0 Å². The van der Waals surface area contributed by atoms with E-state index < -0.39 is 0 Å². The Balaban J connectivity index is 0.00000272. The molecule has 0 atom stereocenters. The van der Waals surface area contributed by atoms with Gasteiger partial charge < -0.3 is 10.6 Å². The lowest BCUT2D eigenvalue weighted by Gasteiger charge is -2.12. The molecular formula is C22H25IN8. The summed E-state index contributed by atoms with van der Waals surface area (Å²) < 4.78 is 3.73. The molecule has 0 spiro atoms. The van der Waals surface area contributed by atoms with E-state index in [0.717, 1.165) is 36.0 Å². The molecule has 0 aliphatic rings. The van der Waals surface area contributed by atoms with Crippen LogP contribution < -0.4 is 10.6 Å². The minimum absolute atomic E-state index is 0. The summed E-state index contributed by atoms with van der Waals surface area (Å²) in [7, 11) is 1.77. The minimum Gasteiger partial charge on any atom is -0.356 e. The first-order chi connectivity index (χ1) is 14.8. The van der Waals surface area contributed by atoms with Gasteiger partial charge >= 0.3 is 0 Å². The summed E-state index contributed by atoms with van der Waals surface area (Å²) in [6.45, 7) is 1.44. The Morgan fingerprint density at radius 2 is 1.84 bits per heavy atom. The molecule has 0 bridgehead atoms. The Kier molecular flexibility index (Phi) is 8.16. The first-order valence-corrected chi connectivity index (χ1v) is 9.78. The average Bonchev–Trinajstić information content (AvgIpc) is 3.52. The predicted molar refractivity (Wildman–Crippen MR) is 132 cm³/mol. The monoisotopic (exact) mass is 528 g/mol. The first kappa shape index (κ1) is 22.5. The van der Waals surface area contributed by atoms with Crippen molar-refractivity contribution in [3.63, 3.8) is 0 Å². The molecule has 31 heavy (non-hydrogen) atoms. The first-order valence-electron chi connectivity index (χ1n) is 9.78. The van der Waals surface area contributed by atoms with Crippen molar-refractivity contribution in [2.24, 2.45) is 4.99 Å². The maximum atomic E-state index is 4.47. The fraction of sp³-hybridized carbons (Fsp3) is 0.182. The summed E-state index contributed by atoms with van der Waals surface area (Å²) in [6, 6.07) is 14.3. The Labute approximate surface area is 198 Å². The molecule has 3 aromatic heterocycles. The van der Waals surface area contributed by atoms with E-state index in [0.29, 0.717) is 6.54 Å². The Morgan fingerprint density at radius 1 is 1.00 bits per heavy atom. The number of benzene rings is 1. The molecule has 0 aliphatic heterocycles. The molecule has 3 heterocycles. The van der Waals surface area contributed by atoms with Crippen molar-refractivity contribution in [2.75, 3.05) is 13.6 Å². The third-order valence-electron chi connectivity index (χ3n) is 4.67. The molecule has 0 fully saturated rings. The molecule has 1 aromatic carbocycles. The molecule has 0 saturated carbocycles. The van der Waals surface area contributed by atoms with Crippen LogP contribution in [0, 0.1) is 0 Å². The molecule has 4 aromatic rings. The molecule has 0 saturated heterocycles. The normalized spacial score (nSPS) is 11.1. The number of hydrogen-bond acceptors (Lipinski definition) is 4. The summed E-state index contributed by atoms with van der Waals surface area (Å²) in [5, 5.41) is 10.9. The highest BCUT2D eigenvalue weighted by Gasteiger charge is 2.02. The van der Waals surface area contributed by atoms with Crippen LogP contribution in [0.25, 0.3) is 11.5 Å². The van der Waals surface area contributed by atoms with Crippen LogP contribution in [-0.4, -0.2) is 43.9 Å². The van der Waals surface area contributed by atoms with Crippen LogP contribution in [0.2, 0.25) is 0 Å². The van der Waals surface area contributed by atoms with Crippen molar-refractivity contribution >= 4 is 29.9 Å². The molecular weight excluding hydrogens is 503 g/mol. The molecule has 0 aliphatic carbocycles. The SMILES string of the molecule is CN=C(NCCc1ccc(-n2cccn2)cc1)NCc1ccc(-n2ccnc2)nc1.I. The van der Waals surface area contributed by atoms with E-state index in [4.69, 9.17) is 0 Å². The van der Waals surface area contributed by atoms with Gasteiger partial charge in [-0.2, -0.15) is 5.10 Å². The lowest BCUT2D eigenvalue weighted by Crippen LogP contribution is -2.37. The summed E-state index contributed by atoms with van der Waals surface area (Å²) in [4.78, 5) is 12.8. The van der Waals surface area contributed by atoms with Gasteiger partial charge in [0.25, 0.3) is 0 Å². The van der Waals surface area contributed by atoms with Gasteiger partial charge in [-0.1, -0.05) is 18.2 Å². The van der Waals surface area contributed by atoms with Crippen molar-refractivity contribution in [2.45, 2.75) is 13.0 Å². The summed E-state index contributed by atoms with van der Waals surface area (Å²) in [5.74, 6) is 1.61. The number of pyridine rings is 1. The van der Waals surface area contributed by atoms with Crippen LogP contribution in [0.3, 0.4) is 0 Å². The predicted octanol–water partition coefficient (Wildman–Crippen LogP) is 2.98. The van der Waals surface area contributed by atoms with Crippen LogP contribution in [0.4, 0.5) is 0 Å². The fourth-order valence-electron chi connectivity index (χ4n) is 3.04. The van der Waals surface area contributed by atoms with Crippen LogP contribution >= 0.6 is 24.0 Å². The van der Waals surface area contributed by atoms with E-state index in [1.54, 1.807) is 25.8 Å². The second kappa shape index (κ2) is 11.3. The lowest BCUT2D eigenvalue weighted by atomic mass is 10.1. The summed E-state index contributed by atoms with van der Waals surface area (Å²) in [6.07, 6.45) is 11.8. The van der Waals surface area contributed by atoms with Gasteiger partial charge in [0.05, 0.1) is 5.69 Å². The highest BCUT2D eigenvalue weighted by Crippen LogP contribution is 2.09. The quantitative estimate of drug-likeness (QED) is 0.219. The summed E-state index contributed by atoms with van der Waals surface area (Å²) in [5.41, 5.74) is 3.39. The molecule has 8 nitrogen and oxygen atoms in total. The Hall–Kier alpha value is -3.21. The maximum Gasteiger partial charge on any atom is 0.191 e. The number of aliphatic imine (C=N–C) groups is 1. The molecule has 9 heteroatoms. The van der Waals surface area contributed by atoms with Gasteiger partial charge in [0.15, 0.2) is 5.96 Å². The highest BCUT2D eigenvalue weighted by atomic mass is 127. The number of hydrogen-bond donors (Lipinski definition) is 2. The van der Waals surface area contributed by atoms with Crippen molar-refractivity contribution < 1.29 is 0 Å². The second-order valence-corrected chi connectivity index (χ2v) is 6.71. The average molecular weight is 528 g/mol. The molecule has 160 valence electrons. The number of aromatic nitrogens is 5. The number of nitrogens with zero attached hydrogens (tertiary/aromatic N) is 6. The number of imidazole rings is 1. The third kappa shape index (κ3) is 6.14. The van der Waals surface area contributed by atoms with Gasteiger partial charge in [-0.25, -0.2) is 14.6 Å². The van der Waals surface area contributed by atoms with Gasteiger partial charge in [-0.3, -0.25) is 9.56 Å². The Bertz CT molecular complexity index is 1060. The van der Waals surface area contributed by atoms with Gasteiger partial charge in [-0.05, 0) is 41.8 Å². The number of rotatable bonds is 7. The zero-order valence-electron chi connectivity index (χ0n) is 17.2. The van der Waals surface area contributed by atoms with E-state index >= 15 is 0 Å². The van der Waals surface area contributed by atoms with Crippen LogP contribution in [-0.2, 0) is 13.0 Å². The molecule has 0 radical (unpaired) electrons. The molecule has 0 amide bonds. The topological polar surface area (TPSA) is 85.0 Å². The molecule has 0 unspecified atom stereocenters. The minimum atomic E-state index is 0. The molecule has 2 N–H and O–H groups in total. The van der Waals surface area contributed by atoms with Gasteiger partial charge in [-0.15, -0.1) is 24.0 Å². The van der Waals surface area contributed by atoms with E-state index in [9.17, 15) is 0 Å². The van der Waals surface area contributed by atoms with Crippen molar-refractivity contribution in [3.8, 4) is 11.5 Å². The van der Waals surface area contributed by atoms with Crippen molar-refractivity contribution in [3.05, 3.63) is 90.9 Å².